The van der Waals surface area contributed by atoms with Gasteiger partial charge in [-0.15, -0.1) is 0 Å². The molecule has 2 saturated heterocycles. The molecular weight excluding hydrogens is 334 g/mol. The Kier molecular flexibility index (Phi) is 4.73. The van der Waals surface area contributed by atoms with E-state index in [9.17, 15) is 4.79 Å². The van der Waals surface area contributed by atoms with Crippen LogP contribution in [0.4, 0.5) is 0 Å². The lowest BCUT2D eigenvalue weighted by Gasteiger charge is -2.50. The van der Waals surface area contributed by atoms with Gasteiger partial charge in [0.1, 0.15) is 0 Å². The molecular formula is C23H33N3O. The third-order valence-electron chi connectivity index (χ3n) is 7.23. The second kappa shape index (κ2) is 7.21. The van der Waals surface area contributed by atoms with Crippen LogP contribution in [-0.2, 0) is 4.79 Å². The van der Waals surface area contributed by atoms with E-state index in [0.29, 0.717) is 23.9 Å². The van der Waals surface area contributed by atoms with Crippen LogP contribution in [0.25, 0.3) is 0 Å². The van der Waals surface area contributed by atoms with Crippen LogP contribution in [0.1, 0.15) is 56.4 Å². The zero-order valence-corrected chi connectivity index (χ0v) is 16.4. The van der Waals surface area contributed by atoms with Crippen LogP contribution in [0.15, 0.2) is 30.3 Å². The summed E-state index contributed by atoms with van der Waals surface area (Å²) in [5.41, 5.74) is 1.97. The highest BCUT2D eigenvalue weighted by molar-refractivity contribution is 5.78. The molecule has 1 aromatic rings. The molecule has 1 spiro atoms. The summed E-state index contributed by atoms with van der Waals surface area (Å²) in [6, 6.07) is 12.5. The molecule has 2 aliphatic heterocycles. The number of benzene rings is 1. The van der Waals surface area contributed by atoms with Gasteiger partial charge in [0.15, 0.2) is 0 Å². The molecule has 1 N–H and O–H groups in total. The van der Waals surface area contributed by atoms with Crippen molar-refractivity contribution in [2.45, 2.75) is 62.9 Å². The third-order valence-corrected chi connectivity index (χ3v) is 7.23. The summed E-state index contributed by atoms with van der Waals surface area (Å²) in [4.78, 5) is 17.3. The normalized spacial score (nSPS) is 29.0. The van der Waals surface area contributed by atoms with Crippen molar-refractivity contribution < 1.29 is 4.79 Å². The number of carbonyl (C=O) groups excluding carboxylic acids is 1. The number of carbonyl (C=O) groups is 1. The van der Waals surface area contributed by atoms with E-state index in [-0.39, 0.29) is 5.91 Å². The molecule has 4 heteroatoms. The largest absolute Gasteiger partial charge is 0.352 e. The highest BCUT2D eigenvalue weighted by Gasteiger charge is 2.45. The standard InChI is InChI=1S/C23H33N3O/c27-22(24-20-6-7-20)16-25-12-10-23(11-13-25)14-19(18-4-2-1-3-5-18)15-26(17-23)21-8-9-21/h1-5,19-21H,6-17H2,(H,24,27)/t19-/m0/s1. The van der Waals surface area contributed by atoms with Crippen molar-refractivity contribution in [1.29, 1.82) is 0 Å². The lowest BCUT2D eigenvalue weighted by Crippen LogP contribution is -2.53. The van der Waals surface area contributed by atoms with E-state index in [1.807, 2.05) is 0 Å². The molecule has 1 aromatic carbocycles. The quantitative estimate of drug-likeness (QED) is 0.869. The fourth-order valence-electron chi connectivity index (χ4n) is 5.35. The van der Waals surface area contributed by atoms with Gasteiger partial charge in [-0.25, -0.2) is 0 Å². The Labute approximate surface area is 163 Å². The number of hydrogen-bond acceptors (Lipinski definition) is 3. The molecule has 146 valence electrons. The van der Waals surface area contributed by atoms with Gasteiger partial charge in [-0.3, -0.25) is 14.6 Å². The molecule has 5 rings (SSSR count). The van der Waals surface area contributed by atoms with Crippen molar-refractivity contribution in [3.8, 4) is 0 Å². The molecule has 4 nitrogen and oxygen atoms in total. The SMILES string of the molecule is O=C(CN1CCC2(CC1)C[C@H](c1ccccc1)CN(C1CC1)C2)NC1CC1. The van der Waals surface area contributed by atoms with Gasteiger partial charge in [0, 0.05) is 25.2 Å². The van der Waals surface area contributed by atoms with Crippen LogP contribution in [-0.4, -0.2) is 60.5 Å². The van der Waals surface area contributed by atoms with E-state index in [1.165, 1.54) is 63.6 Å². The van der Waals surface area contributed by atoms with Crippen molar-refractivity contribution in [2.75, 3.05) is 32.7 Å². The van der Waals surface area contributed by atoms with Crippen molar-refractivity contribution in [3.05, 3.63) is 35.9 Å². The molecule has 2 saturated carbocycles. The molecule has 1 atom stereocenters. The maximum atomic E-state index is 12.2. The van der Waals surface area contributed by atoms with Gasteiger partial charge in [0.05, 0.1) is 6.54 Å². The lowest BCUT2D eigenvalue weighted by atomic mass is 9.68. The van der Waals surface area contributed by atoms with E-state index in [2.05, 4.69) is 45.4 Å². The molecule has 4 fully saturated rings. The van der Waals surface area contributed by atoms with Gasteiger partial charge in [-0.2, -0.15) is 0 Å². The number of piperidine rings is 2. The number of likely N-dealkylation sites (tertiary alicyclic amines) is 2. The molecule has 2 heterocycles. The maximum absolute atomic E-state index is 12.2. The van der Waals surface area contributed by atoms with Crippen molar-refractivity contribution in [1.82, 2.24) is 15.1 Å². The van der Waals surface area contributed by atoms with Gasteiger partial charge >= 0.3 is 0 Å². The number of nitrogens with one attached hydrogen (secondary N) is 1. The Morgan fingerprint density at radius 3 is 2.48 bits per heavy atom. The topological polar surface area (TPSA) is 35.6 Å². The zero-order chi connectivity index (χ0) is 18.3. The Bertz CT molecular complexity index is 659. The third kappa shape index (κ3) is 4.22. The zero-order valence-electron chi connectivity index (χ0n) is 16.4. The van der Waals surface area contributed by atoms with Crippen LogP contribution >= 0.6 is 0 Å². The van der Waals surface area contributed by atoms with Crippen molar-refractivity contribution in [3.63, 3.8) is 0 Å². The first-order chi connectivity index (χ1) is 13.2. The first-order valence-electron chi connectivity index (χ1n) is 11.0. The Hall–Kier alpha value is -1.39. The van der Waals surface area contributed by atoms with Gasteiger partial charge in [-0.1, -0.05) is 30.3 Å². The van der Waals surface area contributed by atoms with Crippen LogP contribution in [0.3, 0.4) is 0 Å². The summed E-state index contributed by atoms with van der Waals surface area (Å²) in [6.45, 7) is 5.28. The van der Waals surface area contributed by atoms with E-state index < -0.39 is 0 Å². The minimum absolute atomic E-state index is 0.235. The first-order valence-corrected chi connectivity index (χ1v) is 11.0. The maximum Gasteiger partial charge on any atom is 0.234 e. The molecule has 27 heavy (non-hydrogen) atoms. The van der Waals surface area contributed by atoms with Crippen LogP contribution in [0.5, 0.6) is 0 Å². The summed E-state index contributed by atoms with van der Waals surface area (Å²) < 4.78 is 0. The minimum Gasteiger partial charge on any atom is -0.352 e. The summed E-state index contributed by atoms with van der Waals surface area (Å²) in [5.74, 6) is 0.907. The van der Waals surface area contributed by atoms with Crippen molar-refractivity contribution in [2.24, 2.45) is 5.41 Å². The Morgan fingerprint density at radius 2 is 1.81 bits per heavy atom. The van der Waals surface area contributed by atoms with E-state index >= 15 is 0 Å². The predicted octanol–water partition coefficient (Wildman–Crippen LogP) is 3.00. The Balaban J connectivity index is 1.23. The summed E-state index contributed by atoms with van der Waals surface area (Å²) >= 11 is 0. The van der Waals surface area contributed by atoms with Gasteiger partial charge in [-0.05, 0) is 74.9 Å². The number of hydrogen-bond donors (Lipinski definition) is 1. The first kappa shape index (κ1) is 17.7. The number of rotatable bonds is 5. The van der Waals surface area contributed by atoms with E-state index in [1.54, 1.807) is 0 Å². The van der Waals surface area contributed by atoms with E-state index in [4.69, 9.17) is 0 Å². The fourth-order valence-corrected chi connectivity index (χ4v) is 5.35. The Morgan fingerprint density at radius 1 is 1.07 bits per heavy atom. The molecule has 2 aliphatic carbocycles. The van der Waals surface area contributed by atoms with E-state index in [0.717, 1.165) is 19.1 Å². The molecule has 0 radical (unpaired) electrons. The second-order valence-corrected chi connectivity index (χ2v) is 9.59. The number of nitrogens with zero attached hydrogens (tertiary/aromatic N) is 2. The van der Waals surface area contributed by atoms with Crippen LogP contribution < -0.4 is 5.32 Å². The highest BCUT2D eigenvalue weighted by atomic mass is 16.2. The summed E-state index contributed by atoms with van der Waals surface area (Å²) in [7, 11) is 0. The molecule has 0 aromatic heterocycles. The van der Waals surface area contributed by atoms with Gasteiger partial charge < -0.3 is 5.32 Å². The molecule has 0 unspecified atom stereocenters. The van der Waals surface area contributed by atoms with Gasteiger partial charge in [0.25, 0.3) is 0 Å². The van der Waals surface area contributed by atoms with Crippen LogP contribution in [0.2, 0.25) is 0 Å². The van der Waals surface area contributed by atoms with Gasteiger partial charge in [0.2, 0.25) is 5.91 Å². The summed E-state index contributed by atoms with van der Waals surface area (Å²) in [6.07, 6.45) is 8.95. The average molecular weight is 368 g/mol. The smallest absolute Gasteiger partial charge is 0.234 e. The average Bonchev–Trinajstić information content (AvgIpc) is 3.59. The van der Waals surface area contributed by atoms with Crippen LogP contribution in [0, 0.1) is 5.41 Å². The number of amides is 1. The fraction of sp³-hybridized carbons (Fsp3) is 0.696. The van der Waals surface area contributed by atoms with Crippen molar-refractivity contribution >= 4 is 5.91 Å². The monoisotopic (exact) mass is 367 g/mol. The second-order valence-electron chi connectivity index (χ2n) is 9.59. The molecule has 4 aliphatic rings. The predicted molar refractivity (Wildman–Crippen MR) is 108 cm³/mol. The molecule has 0 bridgehead atoms. The summed E-state index contributed by atoms with van der Waals surface area (Å²) in [5, 5.41) is 3.14. The molecule has 1 amide bonds. The highest BCUT2D eigenvalue weighted by Crippen LogP contribution is 2.47. The lowest BCUT2D eigenvalue weighted by molar-refractivity contribution is -0.123. The minimum atomic E-state index is 0.235.